The number of hydrogen-bond acceptors (Lipinski definition) is 3. The molecule has 0 radical (unpaired) electrons. The molecule has 0 bridgehead atoms. The van der Waals surface area contributed by atoms with E-state index in [1.165, 1.54) is 6.42 Å². The van der Waals surface area contributed by atoms with Crippen LogP contribution in [0.4, 0.5) is 5.69 Å². The Labute approximate surface area is 137 Å². The number of hydrogen-bond donors (Lipinski definition) is 1. The Morgan fingerprint density at radius 3 is 2.35 bits per heavy atom. The molecule has 1 unspecified atom stereocenters. The summed E-state index contributed by atoms with van der Waals surface area (Å²) in [6.45, 7) is 6.43. The van der Waals surface area contributed by atoms with Crippen LogP contribution in [-0.2, 0) is 9.59 Å². The zero-order valence-electron chi connectivity index (χ0n) is 14.0. The van der Waals surface area contributed by atoms with E-state index in [2.05, 4.69) is 11.5 Å². The molecule has 0 spiro atoms. The van der Waals surface area contributed by atoms with Gasteiger partial charge in [-0.05, 0) is 56.4 Å². The normalized spacial score (nSPS) is 22.4. The van der Waals surface area contributed by atoms with Gasteiger partial charge < -0.3 is 4.90 Å². The summed E-state index contributed by atoms with van der Waals surface area (Å²) in [6, 6.07) is 6.11. The van der Waals surface area contributed by atoms with E-state index in [1.807, 2.05) is 31.0 Å². The quantitative estimate of drug-likeness (QED) is 0.870. The van der Waals surface area contributed by atoms with Crippen LogP contribution in [0, 0.1) is 19.8 Å². The number of nitrogens with one attached hydrogen (secondary N) is 1. The Balaban J connectivity index is 1.67. The minimum absolute atomic E-state index is 0.0792. The molecule has 1 aromatic carbocycles. The molecule has 1 N–H and O–H groups in total. The van der Waals surface area contributed by atoms with Crippen molar-refractivity contribution in [1.29, 1.82) is 0 Å². The number of carbonyl (C=O) groups is 2. The van der Waals surface area contributed by atoms with Gasteiger partial charge in [-0.3, -0.25) is 15.0 Å². The molecule has 2 heterocycles. The second-order valence-electron chi connectivity index (χ2n) is 6.70. The van der Waals surface area contributed by atoms with Crippen LogP contribution in [-0.4, -0.2) is 36.5 Å². The van der Waals surface area contributed by atoms with E-state index >= 15 is 0 Å². The molecule has 5 nitrogen and oxygen atoms in total. The predicted molar refractivity (Wildman–Crippen MR) is 89.9 cm³/mol. The van der Waals surface area contributed by atoms with Crippen LogP contribution in [0.1, 0.15) is 36.8 Å². The van der Waals surface area contributed by atoms with Gasteiger partial charge in [0.2, 0.25) is 11.8 Å². The van der Waals surface area contributed by atoms with Crippen molar-refractivity contribution in [3.63, 3.8) is 0 Å². The summed E-state index contributed by atoms with van der Waals surface area (Å²) in [5, 5.41) is 1.96. The van der Waals surface area contributed by atoms with Gasteiger partial charge in [0.1, 0.15) is 5.92 Å². The third-order valence-corrected chi connectivity index (χ3v) is 4.66. The Morgan fingerprint density at radius 2 is 1.70 bits per heavy atom. The van der Waals surface area contributed by atoms with Crippen molar-refractivity contribution in [2.45, 2.75) is 39.5 Å². The van der Waals surface area contributed by atoms with Crippen LogP contribution in [0.3, 0.4) is 0 Å². The molecule has 1 aromatic rings. The topological polar surface area (TPSA) is 52.7 Å². The lowest BCUT2D eigenvalue weighted by atomic mass is 10.1. The lowest BCUT2D eigenvalue weighted by molar-refractivity contribution is -0.135. The fourth-order valence-electron chi connectivity index (χ4n) is 3.53. The van der Waals surface area contributed by atoms with Gasteiger partial charge in [0.25, 0.3) is 0 Å². The molecule has 0 aromatic heterocycles. The minimum Gasteiger partial charge on any atom is -0.312 e. The Morgan fingerprint density at radius 1 is 1.04 bits per heavy atom. The number of hydrazine groups is 1. The molecule has 2 aliphatic heterocycles. The van der Waals surface area contributed by atoms with Gasteiger partial charge in [-0.15, -0.1) is 0 Å². The van der Waals surface area contributed by atoms with Crippen LogP contribution >= 0.6 is 0 Å². The average Bonchev–Trinajstić information content (AvgIpc) is 2.89. The Kier molecular flexibility index (Phi) is 4.66. The van der Waals surface area contributed by atoms with Crippen LogP contribution < -0.4 is 10.3 Å². The number of piperidine rings is 1. The largest absolute Gasteiger partial charge is 0.312 e. The molecule has 0 saturated carbocycles. The van der Waals surface area contributed by atoms with Gasteiger partial charge in [-0.1, -0.05) is 12.5 Å². The lowest BCUT2D eigenvalue weighted by Gasteiger charge is -2.27. The molecule has 5 heteroatoms. The molecule has 0 aliphatic carbocycles. The first-order chi connectivity index (χ1) is 11.0. The third kappa shape index (κ3) is 3.55. The highest BCUT2D eigenvalue weighted by Gasteiger charge is 2.38. The first-order valence-electron chi connectivity index (χ1n) is 8.50. The van der Waals surface area contributed by atoms with Crippen molar-refractivity contribution in [3.05, 3.63) is 29.3 Å². The molecule has 2 aliphatic rings. The molecular formula is C18H25N3O2. The highest BCUT2D eigenvalue weighted by atomic mass is 16.2. The van der Waals surface area contributed by atoms with E-state index in [-0.39, 0.29) is 11.8 Å². The Hall–Kier alpha value is -1.88. The molecular weight excluding hydrogens is 290 g/mol. The molecule has 2 amide bonds. The molecule has 2 fully saturated rings. The van der Waals surface area contributed by atoms with Gasteiger partial charge in [0, 0.05) is 25.3 Å². The van der Waals surface area contributed by atoms with Crippen molar-refractivity contribution in [1.82, 2.24) is 10.4 Å². The first-order valence-corrected chi connectivity index (χ1v) is 8.50. The predicted octanol–water partition coefficient (Wildman–Crippen LogP) is 2.17. The summed E-state index contributed by atoms with van der Waals surface area (Å²) in [7, 11) is 0. The number of benzene rings is 1. The maximum atomic E-state index is 12.7. The van der Waals surface area contributed by atoms with Crippen molar-refractivity contribution in [2.24, 2.45) is 5.92 Å². The fraction of sp³-hybridized carbons (Fsp3) is 0.556. The van der Waals surface area contributed by atoms with E-state index in [1.54, 1.807) is 4.90 Å². The average molecular weight is 315 g/mol. The number of aryl methyl sites for hydroxylation is 2. The number of rotatable bonds is 3. The smallest absolute Gasteiger partial charge is 0.246 e. The van der Waals surface area contributed by atoms with Crippen LogP contribution in [0.25, 0.3) is 0 Å². The maximum absolute atomic E-state index is 12.7. The minimum atomic E-state index is -0.558. The van der Waals surface area contributed by atoms with Crippen molar-refractivity contribution in [3.8, 4) is 0 Å². The molecule has 124 valence electrons. The molecule has 23 heavy (non-hydrogen) atoms. The van der Waals surface area contributed by atoms with Crippen LogP contribution in [0.5, 0.6) is 0 Å². The standard InChI is InChI=1S/C18H25N3O2/c1-13-10-14(2)12-15(11-13)21-9-6-16(18(21)23)17(22)19-20-7-4-3-5-8-20/h10-12,16H,3-9H2,1-2H3,(H,19,22). The number of anilines is 1. The van der Waals surface area contributed by atoms with Gasteiger partial charge in [-0.25, -0.2) is 5.01 Å². The summed E-state index contributed by atoms with van der Waals surface area (Å²) in [4.78, 5) is 26.8. The second-order valence-corrected chi connectivity index (χ2v) is 6.70. The van der Waals surface area contributed by atoms with Crippen molar-refractivity contribution < 1.29 is 9.59 Å². The van der Waals surface area contributed by atoms with E-state index in [4.69, 9.17) is 0 Å². The Bertz CT molecular complexity index is 588. The second kappa shape index (κ2) is 6.71. The summed E-state index contributed by atoms with van der Waals surface area (Å²) >= 11 is 0. The van der Waals surface area contributed by atoms with E-state index < -0.39 is 5.92 Å². The highest BCUT2D eigenvalue weighted by molar-refractivity contribution is 6.09. The number of carbonyl (C=O) groups excluding carboxylic acids is 2. The van der Waals surface area contributed by atoms with Gasteiger partial charge in [0.05, 0.1) is 0 Å². The number of amides is 2. The first kappa shape index (κ1) is 16.0. The van der Waals surface area contributed by atoms with E-state index in [9.17, 15) is 9.59 Å². The summed E-state index contributed by atoms with van der Waals surface area (Å²) in [5.41, 5.74) is 6.10. The van der Waals surface area contributed by atoms with Crippen molar-refractivity contribution in [2.75, 3.05) is 24.5 Å². The van der Waals surface area contributed by atoms with Crippen molar-refractivity contribution >= 4 is 17.5 Å². The molecule has 3 rings (SSSR count). The SMILES string of the molecule is Cc1cc(C)cc(N2CCC(C(=O)NN3CCCCC3)C2=O)c1. The lowest BCUT2D eigenvalue weighted by Crippen LogP contribution is -2.48. The monoisotopic (exact) mass is 315 g/mol. The van der Waals surface area contributed by atoms with Crippen LogP contribution in [0.15, 0.2) is 18.2 Å². The summed E-state index contributed by atoms with van der Waals surface area (Å²) in [5.74, 6) is -0.786. The van der Waals surface area contributed by atoms with Gasteiger partial charge in [-0.2, -0.15) is 0 Å². The van der Waals surface area contributed by atoms with E-state index in [0.29, 0.717) is 13.0 Å². The third-order valence-electron chi connectivity index (χ3n) is 4.66. The number of nitrogens with zero attached hydrogens (tertiary/aromatic N) is 2. The fourth-order valence-corrected chi connectivity index (χ4v) is 3.53. The summed E-state index contributed by atoms with van der Waals surface area (Å²) < 4.78 is 0. The highest BCUT2D eigenvalue weighted by Crippen LogP contribution is 2.27. The molecule has 1 atom stereocenters. The molecule has 2 saturated heterocycles. The zero-order chi connectivity index (χ0) is 16.4. The zero-order valence-corrected chi connectivity index (χ0v) is 14.0. The van der Waals surface area contributed by atoms with Gasteiger partial charge >= 0.3 is 0 Å². The van der Waals surface area contributed by atoms with Crippen LogP contribution in [0.2, 0.25) is 0 Å². The van der Waals surface area contributed by atoms with E-state index in [0.717, 1.165) is 42.7 Å². The summed E-state index contributed by atoms with van der Waals surface area (Å²) in [6.07, 6.45) is 4.02. The van der Waals surface area contributed by atoms with Gasteiger partial charge in [0.15, 0.2) is 0 Å². The maximum Gasteiger partial charge on any atom is 0.246 e.